The number of nitroso groups, excluding NO2 is 1. The van der Waals surface area contributed by atoms with Crippen molar-refractivity contribution in [1.82, 2.24) is 9.91 Å². The summed E-state index contributed by atoms with van der Waals surface area (Å²) in [7, 11) is 3.83. The number of likely N-dealkylation sites (N-methyl/N-ethyl adjacent to an activating group) is 1. The first-order chi connectivity index (χ1) is 6.49. The van der Waals surface area contributed by atoms with E-state index in [4.69, 9.17) is 0 Å². The van der Waals surface area contributed by atoms with Gasteiger partial charge in [0.1, 0.15) is 5.84 Å². The zero-order valence-electron chi connectivity index (χ0n) is 9.69. The molecule has 14 heavy (non-hydrogen) atoms. The van der Waals surface area contributed by atoms with Gasteiger partial charge in [-0.1, -0.05) is 5.18 Å². The number of amidine groups is 1. The highest BCUT2D eigenvalue weighted by molar-refractivity contribution is 5.79. The number of hydrogen-bond acceptors (Lipinski definition) is 4. The molecule has 5 nitrogen and oxygen atoms in total. The molecule has 0 aromatic rings. The molecule has 0 aromatic carbocycles. The largest absolute Gasteiger partial charge is 0.360 e. The molecule has 5 heteroatoms. The average molecular weight is 200 g/mol. The first kappa shape index (κ1) is 12.9. The molecule has 0 N–H and O–H groups in total. The molecule has 0 rings (SSSR count). The summed E-state index contributed by atoms with van der Waals surface area (Å²) in [6, 6.07) is 0.377. The Morgan fingerprint density at radius 1 is 1.36 bits per heavy atom. The predicted molar refractivity (Wildman–Crippen MR) is 59.3 cm³/mol. The minimum absolute atomic E-state index is 0.300. The van der Waals surface area contributed by atoms with Gasteiger partial charge < -0.3 is 4.90 Å². The van der Waals surface area contributed by atoms with Crippen LogP contribution in [0.25, 0.3) is 0 Å². The van der Waals surface area contributed by atoms with Gasteiger partial charge in [-0.25, -0.2) is 0 Å². The van der Waals surface area contributed by atoms with Gasteiger partial charge in [-0.2, -0.15) is 10.0 Å². The molecular formula is C9H20N4O. The van der Waals surface area contributed by atoms with Crippen molar-refractivity contribution in [1.29, 1.82) is 0 Å². The third kappa shape index (κ3) is 4.79. The summed E-state index contributed by atoms with van der Waals surface area (Å²) in [5.41, 5.74) is 0. The van der Waals surface area contributed by atoms with E-state index in [1.165, 1.54) is 0 Å². The Labute approximate surface area is 85.7 Å². The molecular weight excluding hydrogens is 180 g/mol. The summed E-state index contributed by atoms with van der Waals surface area (Å²) in [4.78, 5) is 11.9. The second kappa shape index (κ2) is 6.34. The molecule has 0 aliphatic rings. The van der Waals surface area contributed by atoms with Crippen LogP contribution in [0.1, 0.15) is 20.8 Å². The number of hydrogen-bond donors (Lipinski definition) is 0. The third-order valence-electron chi connectivity index (χ3n) is 2.13. The topological polar surface area (TPSA) is 48.3 Å². The molecule has 0 fully saturated rings. The van der Waals surface area contributed by atoms with E-state index in [0.717, 1.165) is 5.84 Å². The van der Waals surface area contributed by atoms with Crippen LogP contribution in [0.15, 0.2) is 10.3 Å². The van der Waals surface area contributed by atoms with Gasteiger partial charge in [0.2, 0.25) is 0 Å². The molecule has 0 atom stereocenters. The Morgan fingerprint density at radius 2 is 1.93 bits per heavy atom. The smallest absolute Gasteiger partial charge is 0.121 e. The van der Waals surface area contributed by atoms with Crippen LogP contribution in [0, 0.1) is 4.91 Å². The van der Waals surface area contributed by atoms with Gasteiger partial charge in [0.25, 0.3) is 0 Å². The summed E-state index contributed by atoms with van der Waals surface area (Å²) >= 11 is 0. The fraction of sp³-hybridized carbons (Fsp3) is 0.889. The maximum Gasteiger partial charge on any atom is 0.121 e. The monoisotopic (exact) mass is 200 g/mol. The van der Waals surface area contributed by atoms with E-state index in [0.29, 0.717) is 19.1 Å². The second-order valence-electron chi connectivity index (χ2n) is 3.59. The van der Waals surface area contributed by atoms with E-state index in [2.05, 4.69) is 24.1 Å². The summed E-state index contributed by atoms with van der Waals surface area (Å²) < 4.78 is 0. The molecule has 0 unspecified atom stereocenters. The van der Waals surface area contributed by atoms with Crippen LogP contribution in [0.2, 0.25) is 0 Å². The lowest BCUT2D eigenvalue weighted by molar-refractivity contribution is 0.281. The van der Waals surface area contributed by atoms with Crippen molar-refractivity contribution in [3.05, 3.63) is 4.91 Å². The van der Waals surface area contributed by atoms with Gasteiger partial charge in [0.15, 0.2) is 0 Å². The molecule has 0 bridgehead atoms. The first-order valence-corrected chi connectivity index (χ1v) is 4.77. The Morgan fingerprint density at radius 3 is 2.36 bits per heavy atom. The first-order valence-electron chi connectivity index (χ1n) is 4.77. The minimum Gasteiger partial charge on any atom is -0.360 e. The molecule has 0 aliphatic carbocycles. The van der Waals surface area contributed by atoms with Crippen molar-refractivity contribution in [2.24, 2.45) is 10.3 Å². The van der Waals surface area contributed by atoms with Gasteiger partial charge in [-0.15, -0.1) is 0 Å². The summed E-state index contributed by atoms with van der Waals surface area (Å²) in [5.74, 6) is 0.893. The number of rotatable bonds is 5. The Bertz CT molecular complexity index is 203. The lowest BCUT2D eigenvalue weighted by atomic mass is 10.4. The van der Waals surface area contributed by atoms with Crippen LogP contribution in [-0.2, 0) is 0 Å². The highest BCUT2D eigenvalue weighted by atomic mass is 16.3. The van der Waals surface area contributed by atoms with Gasteiger partial charge >= 0.3 is 0 Å². The number of nitrogens with zero attached hydrogens (tertiary/aromatic N) is 4. The van der Waals surface area contributed by atoms with Crippen LogP contribution in [0.3, 0.4) is 0 Å². The number of hydrazone groups is 1. The van der Waals surface area contributed by atoms with Crippen LogP contribution in [0.4, 0.5) is 0 Å². The second-order valence-corrected chi connectivity index (χ2v) is 3.59. The Hall–Kier alpha value is -1.13. The third-order valence-corrected chi connectivity index (χ3v) is 2.13. The molecule has 0 saturated carbocycles. The van der Waals surface area contributed by atoms with E-state index in [9.17, 15) is 4.91 Å². The van der Waals surface area contributed by atoms with Crippen molar-refractivity contribution >= 4 is 5.84 Å². The van der Waals surface area contributed by atoms with Crippen molar-refractivity contribution in [2.45, 2.75) is 26.8 Å². The van der Waals surface area contributed by atoms with Crippen molar-refractivity contribution in [3.63, 3.8) is 0 Å². The zero-order chi connectivity index (χ0) is 11.1. The SMILES string of the molecule is C/C(=N\N(C)C(C)C)N(C)CCN=O. The molecule has 0 heterocycles. The van der Waals surface area contributed by atoms with Gasteiger partial charge in [0.05, 0.1) is 6.54 Å². The summed E-state index contributed by atoms with van der Waals surface area (Å²) in [6.07, 6.45) is 0. The molecule has 0 amide bonds. The Kier molecular flexibility index (Phi) is 5.83. The fourth-order valence-corrected chi connectivity index (χ4v) is 0.773. The lowest BCUT2D eigenvalue weighted by Gasteiger charge is -2.22. The summed E-state index contributed by atoms with van der Waals surface area (Å²) in [5, 5.41) is 9.06. The van der Waals surface area contributed by atoms with Crippen molar-refractivity contribution < 1.29 is 0 Å². The van der Waals surface area contributed by atoms with Crippen molar-refractivity contribution in [2.75, 3.05) is 27.2 Å². The van der Waals surface area contributed by atoms with Crippen molar-refractivity contribution in [3.8, 4) is 0 Å². The normalized spacial score (nSPS) is 11.7. The lowest BCUT2D eigenvalue weighted by Crippen LogP contribution is -2.31. The standard InChI is InChI=1S/C9H20N4O/c1-8(2)13(5)11-9(3)12(4)7-6-10-14/h8H,6-7H2,1-5H3/b11-9+. The molecule has 0 aliphatic heterocycles. The molecule has 0 saturated heterocycles. The van der Waals surface area contributed by atoms with E-state index < -0.39 is 0 Å². The molecule has 0 spiro atoms. The molecule has 0 aromatic heterocycles. The average Bonchev–Trinajstić information content (AvgIpc) is 2.13. The molecule has 0 radical (unpaired) electrons. The Balaban J connectivity index is 4.14. The van der Waals surface area contributed by atoms with Gasteiger partial charge in [-0.05, 0) is 20.8 Å². The maximum absolute atomic E-state index is 9.94. The van der Waals surface area contributed by atoms with E-state index in [1.54, 1.807) is 0 Å². The van der Waals surface area contributed by atoms with Crippen LogP contribution >= 0.6 is 0 Å². The predicted octanol–water partition coefficient (Wildman–Crippen LogP) is 1.36. The van der Waals surface area contributed by atoms with Gasteiger partial charge in [-0.3, -0.25) is 5.01 Å². The zero-order valence-corrected chi connectivity index (χ0v) is 9.69. The van der Waals surface area contributed by atoms with Gasteiger partial charge in [0, 0.05) is 26.7 Å². The van der Waals surface area contributed by atoms with Crippen LogP contribution in [-0.4, -0.2) is 49.0 Å². The minimum atomic E-state index is 0.300. The summed E-state index contributed by atoms with van der Waals surface area (Å²) in [6.45, 7) is 6.98. The fourth-order valence-electron chi connectivity index (χ4n) is 0.773. The highest BCUT2D eigenvalue weighted by Gasteiger charge is 2.03. The quantitative estimate of drug-likeness (QED) is 0.291. The van der Waals surface area contributed by atoms with Crippen LogP contribution < -0.4 is 0 Å². The molecule has 82 valence electrons. The van der Waals surface area contributed by atoms with E-state index in [1.807, 2.05) is 30.9 Å². The maximum atomic E-state index is 9.94. The highest BCUT2D eigenvalue weighted by Crippen LogP contribution is 1.96. The van der Waals surface area contributed by atoms with E-state index in [-0.39, 0.29) is 0 Å². The van der Waals surface area contributed by atoms with E-state index >= 15 is 0 Å². The van der Waals surface area contributed by atoms with Crippen LogP contribution in [0.5, 0.6) is 0 Å².